The number of aliphatic hydroxyl groups is 1. The maximum Gasteiger partial charge on any atom is 0.195 e. The molecule has 5 rings (SSSR count). The van der Waals surface area contributed by atoms with Gasteiger partial charge < -0.3 is 9.84 Å². The second-order valence-electron chi connectivity index (χ2n) is 12.3. The van der Waals surface area contributed by atoms with Crippen molar-refractivity contribution in [3.05, 3.63) is 131 Å². The minimum atomic E-state index is -1.14. The number of aliphatic hydroxyl groups excluding tert-OH is 1. The van der Waals surface area contributed by atoms with Gasteiger partial charge in [-0.3, -0.25) is 14.6 Å². The molecule has 1 heterocycles. The molecule has 4 aromatic rings. The molecule has 218 valence electrons. The van der Waals surface area contributed by atoms with E-state index in [0.29, 0.717) is 11.1 Å². The minimum absolute atomic E-state index is 0.131. The van der Waals surface area contributed by atoms with E-state index in [1.807, 2.05) is 54.6 Å². The van der Waals surface area contributed by atoms with Crippen molar-refractivity contribution < 1.29 is 14.6 Å². The van der Waals surface area contributed by atoms with Crippen molar-refractivity contribution in [3.63, 3.8) is 0 Å². The van der Waals surface area contributed by atoms with Crippen LogP contribution in [0, 0.1) is 0 Å². The van der Waals surface area contributed by atoms with Gasteiger partial charge in [0.1, 0.15) is 17.6 Å². The lowest BCUT2D eigenvalue weighted by Crippen LogP contribution is -2.30. The third-order valence-corrected chi connectivity index (χ3v) is 7.98. The summed E-state index contributed by atoms with van der Waals surface area (Å²) in [5, 5.41) is 10.5. The van der Waals surface area contributed by atoms with Crippen molar-refractivity contribution >= 4 is 5.78 Å². The van der Waals surface area contributed by atoms with Crippen LogP contribution in [0.15, 0.2) is 103 Å². The van der Waals surface area contributed by atoms with Gasteiger partial charge in [0.15, 0.2) is 5.78 Å². The highest BCUT2D eigenvalue weighted by atomic mass is 16.5. The average Bonchev–Trinajstić information content (AvgIpc) is 3.23. The zero-order chi connectivity index (χ0) is 29.5. The number of ketones is 1. The monoisotopic (exact) mass is 562 g/mol. The first-order valence-corrected chi connectivity index (χ1v) is 14.9. The number of Topliss-reactive ketones (excluding diaryl/α,β-unsaturated/α-hetero) is 1. The summed E-state index contributed by atoms with van der Waals surface area (Å²) in [7, 11) is 0. The SMILES string of the molecule is CC(C)(C)c1ccc(Oc2ccc(CN3CCCN(Cc4ccc(C(=O)C(O)c5ccccc5)cc4)CC3)cc2)cc1. The predicted molar refractivity (Wildman–Crippen MR) is 169 cm³/mol. The molecule has 1 saturated heterocycles. The molecule has 5 nitrogen and oxygen atoms in total. The molecule has 0 bridgehead atoms. The summed E-state index contributed by atoms with van der Waals surface area (Å²) in [6.45, 7) is 12.6. The van der Waals surface area contributed by atoms with E-state index in [2.05, 4.69) is 67.0 Å². The quantitative estimate of drug-likeness (QED) is 0.216. The van der Waals surface area contributed by atoms with Crippen LogP contribution >= 0.6 is 0 Å². The summed E-state index contributed by atoms with van der Waals surface area (Å²) in [5.74, 6) is 1.44. The molecule has 0 aliphatic carbocycles. The van der Waals surface area contributed by atoms with Gasteiger partial charge in [-0.25, -0.2) is 0 Å². The van der Waals surface area contributed by atoms with Crippen molar-refractivity contribution in [2.75, 3.05) is 26.2 Å². The largest absolute Gasteiger partial charge is 0.457 e. The van der Waals surface area contributed by atoms with Gasteiger partial charge in [-0.05, 0) is 71.4 Å². The molecule has 5 heteroatoms. The highest BCUT2D eigenvalue weighted by Gasteiger charge is 2.20. The summed E-state index contributed by atoms with van der Waals surface area (Å²) in [5.41, 5.74) is 5.05. The van der Waals surface area contributed by atoms with E-state index in [9.17, 15) is 9.90 Å². The van der Waals surface area contributed by atoms with Crippen LogP contribution in [0.2, 0.25) is 0 Å². The Morgan fingerprint density at radius 1 is 0.714 bits per heavy atom. The maximum absolute atomic E-state index is 12.7. The van der Waals surface area contributed by atoms with Crippen LogP contribution in [-0.4, -0.2) is 46.9 Å². The molecular weight excluding hydrogens is 520 g/mol. The Kier molecular flexibility index (Phi) is 9.53. The second-order valence-corrected chi connectivity index (χ2v) is 12.3. The molecule has 1 aliphatic rings. The maximum atomic E-state index is 12.7. The van der Waals surface area contributed by atoms with E-state index in [1.165, 1.54) is 16.7 Å². The fraction of sp³-hybridized carbons (Fsp3) is 0.324. The Morgan fingerprint density at radius 3 is 1.74 bits per heavy atom. The van der Waals surface area contributed by atoms with Crippen molar-refractivity contribution in [2.45, 2.75) is 51.8 Å². The van der Waals surface area contributed by atoms with E-state index in [1.54, 1.807) is 12.1 Å². The lowest BCUT2D eigenvalue weighted by atomic mass is 9.87. The number of carbonyl (C=O) groups is 1. The van der Waals surface area contributed by atoms with Crippen molar-refractivity contribution in [3.8, 4) is 11.5 Å². The van der Waals surface area contributed by atoms with E-state index >= 15 is 0 Å². The molecule has 0 amide bonds. The highest BCUT2D eigenvalue weighted by Crippen LogP contribution is 2.27. The Hall–Kier alpha value is -3.77. The first-order chi connectivity index (χ1) is 20.2. The smallest absolute Gasteiger partial charge is 0.195 e. The number of carbonyl (C=O) groups excluding carboxylic acids is 1. The molecule has 1 unspecified atom stereocenters. The molecule has 0 radical (unpaired) electrons. The van der Waals surface area contributed by atoms with Crippen molar-refractivity contribution in [1.29, 1.82) is 0 Å². The number of benzene rings is 4. The van der Waals surface area contributed by atoms with Crippen LogP contribution in [0.5, 0.6) is 11.5 Å². The lowest BCUT2D eigenvalue weighted by molar-refractivity contribution is 0.0747. The van der Waals surface area contributed by atoms with Gasteiger partial charge in [-0.1, -0.05) is 99.6 Å². The number of rotatable bonds is 9. The Bertz CT molecular complexity index is 1430. The third-order valence-electron chi connectivity index (χ3n) is 7.98. The first kappa shape index (κ1) is 29.7. The standard InChI is InChI=1S/C37H42N2O3/c1-37(2,3)32-16-20-34(21-17-32)42-33-18-12-29(13-19-33)27-39-23-7-22-38(24-25-39)26-28-10-14-31(15-11-28)36(41)35(40)30-8-5-4-6-9-30/h4-6,8-21,35,40H,7,22-27H2,1-3H3. The van der Waals surface area contributed by atoms with Crippen LogP contribution in [0.4, 0.5) is 0 Å². The fourth-order valence-corrected chi connectivity index (χ4v) is 5.40. The molecule has 1 atom stereocenters. The summed E-state index contributed by atoms with van der Waals surface area (Å²) in [4.78, 5) is 17.8. The highest BCUT2D eigenvalue weighted by molar-refractivity contribution is 5.99. The normalized spacial score (nSPS) is 15.6. The Balaban J connectivity index is 1.09. The van der Waals surface area contributed by atoms with E-state index in [0.717, 1.165) is 57.2 Å². The number of ether oxygens (including phenoxy) is 1. The Morgan fingerprint density at radius 2 is 1.21 bits per heavy atom. The van der Waals surface area contributed by atoms with Crippen LogP contribution < -0.4 is 4.74 Å². The number of hydrogen-bond acceptors (Lipinski definition) is 5. The fourth-order valence-electron chi connectivity index (χ4n) is 5.40. The molecule has 1 N–H and O–H groups in total. The second kappa shape index (κ2) is 13.5. The van der Waals surface area contributed by atoms with Gasteiger partial charge in [0.05, 0.1) is 0 Å². The topological polar surface area (TPSA) is 53.0 Å². The molecule has 0 aromatic heterocycles. The predicted octanol–water partition coefficient (Wildman–Crippen LogP) is 7.40. The van der Waals surface area contributed by atoms with Gasteiger partial charge in [0.2, 0.25) is 0 Å². The summed E-state index contributed by atoms with van der Waals surface area (Å²) < 4.78 is 6.08. The van der Waals surface area contributed by atoms with Gasteiger partial charge in [-0.2, -0.15) is 0 Å². The Labute approximate surface area is 250 Å². The van der Waals surface area contributed by atoms with Crippen LogP contribution in [0.25, 0.3) is 0 Å². The minimum Gasteiger partial charge on any atom is -0.457 e. The molecule has 0 saturated carbocycles. The number of hydrogen-bond donors (Lipinski definition) is 1. The zero-order valence-corrected chi connectivity index (χ0v) is 25.0. The van der Waals surface area contributed by atoms with Gasteiger partial charge in [0.25, 0.3) is 0 Å². The van der Waals surface area contributed by atoms with Crippen molar-refractivity contribution in [2.24, 2.45) is 0 Å². The molecule has 1 aliphatic heterocycles. The van der Waals surface area contributed by atoms with Gasteiger partial charge >= 0.3 is 0 Å². The first-order valence-electron chi connectivity index (χ1n) is 14.9. The third kappa shape index (κ3) is 7.95. The molecule has 42 heavy (non-hydrogen) atoms. The zero-order valence-electron chi connectivity index (χ0n) is 25.0. The van der Waals surface area contributed by atoms with E-state index in [4.69, 9.17) is 4.74 Å². The summed E-state index contributed by atoms with van der Waals surface area (Å²) in [6, 6.07) is 33.6. The van der Waals surface area contributed by atoms with Crippen LogP contribution in [0.1, 0.15) is 65.9 Å². The lowest BCUT2D eigenvalue weighted by Gasteiger charge is -2.22. The van der Waals surface area contributed by atoms with Crippen molar-refractivity contribution in [1.82, 2.24) is 9.80 Å². The molecule has 1 fully saturated rings. The van der Waals surface area contributed by atoms with E-state index < -0.39 is 6.10 Å². The van der Waals surface area contributed by atoms with Gasteiger partial charge in [-0.15, -0.1) is 0 Å². The molecular formula is C37H42N2O3. The van der Waals surface area contributed by atoms with Crippen LogP contribution in [-0.2, 0) is 18.5 Å². The summed E-state index contributed by atoms with van der Waals surface area (Å²) >= 11 is 0. The van der Waals surface area contributed by atoms with Gasteiger partial charge in [0, 0.05) is 31.7 Å². The molecule has 0 spiro atoms. The molecule has 4 aromatic carbocycles. The summed E-state index contributed by atoms with van der Waals surface area (Å²) in [6.07, 6.45) is -0.0193. The van der Waals surface area contributed by atoms with E-state index in [-0.39, 0.29) is 11.2 Å². The average molecular weight is 563 g/mol. The van der Waals surface area contributed by atoms with Crippen LogP contribution in [0.3, 0.4) is 0 Å². The number of nitrogens with zero attached hydrogens (tertiary/aromatic N) is 2.